The van der Waals surface area contributed by atoms with E-state index in [4.69, 9.17) is 11.6 Å². The Morgan fingerprint density at radius 1 is 0.795 bits per heavy atom. The van der Waals surface area contributed by atoms with Crippen molar-refractivity contribution in [3.05, 3.63) is 142 Å². The average molecular weight is 557 g/mol. The highest BCUT2D eigenvalue weighted by Gasteiger charge is 2.46. The lowest BCUT2D eigenvalue weighted by atomic mass is 10.1. The van der Waals surface area contributed by atoms with Gasteiger partial charge < -0.3 is 0 Å². The van der Waals surface area contributed by atoms with Gasteiger partial charge in [-0.2, -0.15) is 4.31 Å². The van der Waals surface area contributed by atoms with Crippen molar-refractivity contribution in [2.45, 2.75) is 24.5 Å². The fourth-order valence-electron chi connectivity index (χ4n) is 4.51. The zero-order valence-corrected chi connectivity index (χ0v) is 22.6. The molecule has 8 heteroatoms. The highest BCUT2D eigenvalue weighted by molar-refractivity contribution is 7.89. The Morgan fingerprint density at radius 2 is 1.31 bits per heavy atom. The molecule has 0 radical (unpaired) electrons. The lowest BCUT2D eigenvalue weighted by Gasteiger charge is -2.35. The average Bonchev–Trinajstić information content (AvgIpc) is 3.19. The Kier molecular flexibility index (Phi) is 7.48. The fraction of sp³-hybridized carbons (Fsp3) is 0.0968. The third-order valence-electron chi connectivity index (χ3n) is 6.50. The second-order valence-electron chi connectivity index (χ2n) is 9.19. The summed E-state index contributed by atoms with van der Waals surface area (Å²) in [6.45, 7) is 1.73. The Bertz CT molecular complexity index is 1620. The molecule has 0 saturated carbocycles. The van der Waals surface area contributed by atoms with Gasteiger partial charge in [0.1, 0.15) is 6.17 Å². The van der Waals surface area contributed by atoms with Crippen LogP contribution < -0.4 is 0 Å². The summed E-state index contributed by atoms with van der Waals surface area (Å²) in [5.74, 6) is -1.23. The number of fused-ring (bicyclic) bond motifs is 1. The summed E-state index contributed by atoms with van der Waals surface area (Å²) >= 11 is 6.92. The van der Waals surface area contributed by atoms with Crippen LogP contribution in [0.25, 0.3) is 6.08 Å². The van der Waals surface area contributed by atoms with Gasteiger partial charge in [0.15, 0.2) is 0 Å². The van der Waals surface area contributed by atoms with Crippen LogP contribution >= 0.6 is 11.6 Å². The van der Waals surface area contributed by atoms with Gasteiger partial charge in [0.05, 0.1) is 21.1 Å². The molecule has 0 fully saturated rings. The van der Waals surface area contributed by atoms with E-state index in [0.29, 0.717) is 11.1 Å². The zero-order chi connectivity index (χ0) is 27.6. The van der Waals surface area contributed by atoms with Gasteiger partial charge in [-0.05, 0) is 48.4 Å². The first-order chi connectivity index (χ1) is 18.8. The van der Waals surface area contributed by atoms with Crippen LogP contribution in [0.1, 0.15) is 37.4 Å². The standard InChI is InChI=1S/C31H25ClN2O4S/c1-22-16-18-25(19-17-22)39(37,38)33(21-24-12-6-3-7-13-24)29(28(32)20-23-10-4-2-5-11-23)34-30(35)26-14-8-9-15-27(26)31(34)36/h2-20,29H,21H2,1H3/b28-20-. The zero-order valence-electron chi connectivity index (χ0n) is 21.1. The first-order valence-electron chi connectivity index (χ1n) is 12.3. The van der Waals surface area contributed by atoms with Crippen molar-refractivity contribution in [2.24, 2.45) is 0 Å². The van der Waals surface area contributed by atoms with Crippen molar-refractivity contribution >= 4 is 39.5 Å². The van der Waals surface area contributed by atoms with Crippen LogP contribution in [0.5, 0.6) is 0 Å². The van der Waals surface area contributed by atoms with Crippen molar-refractivity contribution in [1.82, 2.24) is 9.21 Å². The molecule has 4 aromatic rings. The number of carbonyl (C=O) groups excluding carboxylic acids is 2. The van der Waals surface area contributed by atoms with Crippen molar-refractivity contribution in [3.8, 4) is 0 Å². The van der Waals surface area contributed by atoms with Crippen molar-refractivity contribution in [1.29, 1.82) is 0 Å². The molecule has 196 valence electrons. The Hall–Kier alpha value is -4.04. The van der Waals surface area contributed by atoms with Gasteiger partial charge in [-0.3, -0.25) is 14.5 Å². The summed E-state index contributed by atoms with van der Waals surface area (Å²) < 4.78 is 29.7. The molecule has 1 aliphatic heterocycles. The monoisotopic (exact) mass is 556 g/mol. The minimum absolute atomic E-state index is 0.00215. The fourth-order valence-corrected chi connectivity index (χ4v) is 6.45. The smallest absolute Gasteiger partial charge is 0.263 e. The normalized spacial score (nSPS) is 14.5. The minimum atomic E-state index is -4.26. The van der Waals surface area contributed by atoms with Gasteiger partial charge in [0.25, 0.3) is 11.8 Å². The molecule has 1 aliphatic rings. The summed E-state index contributed by atoms with van der Waals surface area (Å²) in [5, 5.41) is 0.00215. The third kappa shape index (κ3) is 5.29. The number of rotatable bonds is 8. The Balaban J connectivity index is 1.72. The second-order valence-corrected chi connectivity index (χ2v) is 11.5. The summed E-state index contributed by atoms with van der Waals surface area (Å²) in [6.07, 6.45) is 0.143. The molecule has 5 rings (SSSR count). The number of nitrogens with zero attached hydrogens (tertiary/aromatic N) is 2. The number of sulfonamides is 1. The number of amides is 2. The maximum absolute atomic E-state index is 14.3. The number of halogens is 1. The van der Waals surface area contributed by atoms with Crippen LogP contribution in [0.3, 0.4) is 0 Å². The largest absolute Gasteiger partial charge is 0.269 e. The van der Waals surface area contributed by atoms with Crippen molar-refractivity contribution in [2.75, 3.05) is 0 Å². The molecule has 0 spiro atoms. The number of imide groups is 1. The molecule has 0 aromatic heterocycles. The maximum atomic E-state index is 14.3. The van der Waals surface area contributed by atoms with Gasteiger partial charge in [-0.25, -0.2) is 8.42 Å². The van der Waals surface area contributed by atoms with E-state index >= 15 is 0 Å². The summed E-state index contributed by atoms with van der Waals surface area (Å²) in [7, 11) is -4.26. The van der Waals surface area contributed by atoms with E-state index in [9.17, 15) is 18.0 Å². The number of benzene rings is 4. The molecule has 0 bridgehead atoms. The predicted molar refractivity (Wildman–Crippen MR) is 151 cm³/mol. The summed E-state index contributed by atoms with van der Waals surface area (Å²) in [5.41, 5.74) is 2.64. The molecule has 1 heterocycles. The SMILES string of the molecule is Cc1ccc(S(=O)(=O)N(Cc2ccccc2)C(/C(Cl)=C/c2ccccc2)N2C(=O)c3ccccc3C2=O)cc1. The first-order valence-corrected chi connectivity index (χ1v) is 14.1. The number of carbonyl (C=O) groups is 2. The topological polar surface area (TPSA) is 74.8 Å². The van der Waals surface area contributed by atoms with Crippen LogP contribution in [0.4, 0.5) is 0 Å². The molecule has 0 saturated heterocycles. The van der Waals surface area contributed by atoms with Crippen LogP contribution in [-0.4, -0.2) is 35.6 Å². The van der Waals surface area contributed by atoms with Crippen molar-refractivity contribution in [3.63, 3.8) is 0 Å². The van der Waals surface area contributed by atoms with E-state index in [-0.39, 0.29) is 27.6 Å². The second kappa shape index (κ2) is 11.0. The molecular weight excluding hydrogens is 532 g/mol. The van der Waals surface area contributed by atoms with E-state index < -0.39 is 28.0 Å². The Morgan fingerprint density at radius 3 is 1.87 bits per heavy atom. The van der Waals surface area contributed by atoms with Crippen molar-refractivity contribution < 1.29 is 18.0 Å². The van der Waals surface area contributed by atoms with Gasteiger partial charge in [-0.1, -0.05) is 102 Å². The molecule has 39 heavy (non-hydrogen) atoms. The van der Waals surface area contributed by atoms with E-state index in [0.717, 1.165) is 14.8 Å². The van der Waals surface area contributed by atoms with Crippen LogP contribution in [-0.2, 0) is 16.6 Å². The predicted octanol–water partition coefficient (Wildman–Crippen LogP) is 6.09. The van der Waals surface area contributed by atoms with Crippen LogP contribution in [0.2, 0.25) is 0 Å². The highest BCUT2D eigenvalue weighted by atomic mass is 35.5. The molecule has 6 nitrogen and oxygen atoms in total. The maximum Gasteiger partial charge on any atom is 0.263 e. The quantitative estimate of drug-likeness (QED) is 0.246. The van der Waals surface area contributed by atoms with Gasteiger partial charge in [0.2, 0.25) is 10.0 Å². The van der Waals surface area contributed by atoms with Gasteiger partial charge in [0, 0.05) is 6.54 Å². The van der Waals surface area contributed by atoms with E-state index in [1.165, 1.54) is 12.1 Å². The first kappa shape index (κ1) is 26.6. The summed E-state index contributed by atoms with van der Waals surface area (Å²) in [6, 6.07) is 30.9. The van der Waals surface area contributed by atoms with Crippen LogP contribution in [0, 0.1) is 6.92 Å². The lowest BCUT2D eigenvalue weighted by Crippen LogP contribution is -2.53. The molecule has 4 aromatic carbocycles. The number of hydrogen-bond donors (Lipinski definition) is 0. The van der Waals surface area contributed by atoms with Gasteiger partial charge >= 0.3 is 0 Å². The number of aryl methyl sites for hydroxylation is 1. The lowest BCUT2D eigenvalue weighted by molar-refractivity contribution is 0.0515. The number of hydrogen-bond acceptors (Lipinski definition) is 4. The minimum Gasteiger partial charge on any atom is -0.269 e. The molecule has 1 atom stereocenters. The third-order valence-corrected chi connectivity index (χ3v) is 8.62. The Labute approximate surface area is 232 Å². The van der Waals surface area contributed by atoms with Crippen LogP contribution in [0.15, 0.2) is 119 Å². The molecule has 1 unspecified atom stereocenters. The molecule has 0 aliphatic carbocycles. The van der Waals surface area contributed by atoms with E-state index in [1.807, 2.05) is 31.2 Å². The van der Waals surface area contributed by atoms with Gasteiger partial charge in [-0.15, -0.1) is 0 Å². The highest BCUT2D eigenvalue weighted by Crippen LogP contribution is 2.35. The van der Waals surface area contributed by atoms with E-state index in [1.54, 1.807) is 78.9 Å². The summed E-state index contributed by atoms with van der Waals surface area (Å²) in [4.78, 5) is 28.3. The molecular formula is C31H25ClN2O4S. The molecule has 0 N–H and O–H groups in total. The molecule has 2 amide bonds. The van der Waals surface area contributed by atoms with E-state index in [2.05, 4.69) is 0 Å².